The first-order valence-corrected chi connectivity index (χ1v) is 6.37. The van der Waals surface area contributed by atoms with Crippen LogP contribution in [0.15, 0.2) is 4.99 Å². The van der Waals surface area contributed by atoms with Gasteiger partial charge < -0.3 is 10.3 Å². The predicted molar refractivity (Wildman–Crippen MR) is 68.9 cm³/mol. The third-order valence-corrected chi connectivity index (χ3v) is 3.37. The molecule has 0 radical (unpaired) electrons. The molecule has 0 aromatic carbocycles. The molecular formula is C13H26N2O. The molecule has 94 valence electrons. The summed E-state index contributed by atoms with van der Waals surface area (Å²) in [5, 5.41) is 12.6. The van der Waals surface area contributed by atoms with E-state index in [0.29, 0.717) is 5.06 Å². The van der Waals surface area contributed by atoms with Crippen LogP contribution in [0.1, 0.15) is 60.3 Å². The standard InChI is InChI=1S/C13H26N2O/c1-6-7-8-14-11-9-12(2,3)15(16)13(4,5)10-11/h15H,6-10H2,1-5H3. The maximum atomic E-state index is 12.2. The Morgan fingerprint density at radius 3 is 2.12 bits per heavy atom. The molecule has 3 heteroatoms. The number of quaternary nitrogens is 1. The van der Waals surface area contributed by atoms with Crippen LogP contribution < -0.4 is 5.06 Å². The largest absolute Gasteiger partial charge is 0.634 e. The zero-order valence-electron chi connectivity index (χ0n) is 11.4. The van der Waals surface area contributed by atoms with E-state index in [4.69, 9.17) is 0 Å². The van der Waals surface area contributed by atoms with E-state index in [0.717, 1.165) is 25.8 Å². The zero-order valence-corrected chi connectivity index (χ0v) is 11.4. The maximum Gasteiger partial charge on any atom is 0.0973 e. The molecule has 1 heterocycles. The van der Waals surface area contributed by atoms with Crippen molar-refractivity contribution in [3.8, 4) is 0 Å². The Morgan fingerprint density at radius 2 is 1.69 bits per heavy atom. The van der Waals surface area contributed by atoms with Crippen molar-refractivity contribution in [3.05, 3.63) is 5.21 Å². The van der Waals surface area contributed by atoms with E-state index < -0.39 is 0 Å². The second-order valence-corrected chi connectivity index (χ2v) is 6.25. The van der Waals surface area contributed by atoms with Crippen molar-refractivity contribution in [2.24, 2.45) is 4.99 Å². The molecule has 16 heavy (non-hydrogen) atoms. The van der Waals surface area contributed by atoms with Gasteiger partial charge in [0, 0.05) is 25.1 Å². The summed E-state index contributed by atoms with van der Waals surface area (Å²) < 4.78 is 0. The van der Waals surface area contributed by atoms with Crippen LogP contribution in [0.5, 0.6) is 0 Å². The molecule has 0 aromatic heterocycles. The van der Waals surface area contributed by atoms with Crippen molar-refractivity contribution in [3.63, 3.8) is 0 Å². The third-order valence-electron chi connectivity index (χ3n) is 3.37. The first kappa shape index (κ1) is 13.7. The quantitative estimate of drug-likeness (QED) is 0.580. The lowest BCUT2D eigenvalue weighted by Gasteiger charge is -2.52. The molecule has 1 aliphatic heterocycles. The Labute approximate surface area is 99.5 Å². The Morgan fingerprint density at radius 1 is 1.19 bits per heavy atom. The summed E-state index contributed by atoms with van der Waals surface area (Å²) in [5.74, 6) is 0. The summed E-state index contributed by atoms with van der Waals surface area (Å²) in [7, 11) is 0. The molecule has 0 spiro atoms. The van der Waals surface area contributed by atoms with E-state index in [9.17, 15) is 5.21 Å². The highest BCUT2D eigenvalue weighted by Gasteiger charge is 2.43. The van der Waals surface area contributed by atoms with Gasteiger partial charge in [-0.1, -0.05) is 13.3 Å². The minimum atomic E-state index is -0.229. The predicted octanol–water partition coefficient (Wildman–Crippen LogP) is 1.96. The van der Waals surface area contributed by atoms with Gasteiger partial charge in [0.1, 0.15) is 0 Å². The van der Waals surface area contributed by atoms with Crippen molar-refractivity contribution in [1.82, 2.24) is 0 Å². The summed E-state index contributed by atoms with van der Waals surface area (Å²) in [5.41, 5.74) is 0.780. The lowest BCUT2D eigenvalue weighted by Crippen LogP contribution is -3.23. The fraction of sp³-hybridized carbons (Fsp3) is 0.923. The smallest absolute Gasteiger partial charge is 0.0973 e. The van der Waals surface area contributed by atoms with Crippen LogP contribution in [-0.4, -0.2) is 23.3 Å². The number of rotatable bonds is 3. The average Bonchev–Trinajstić information content (AvgIpc) is 2.14. The number of hydroxylamine groups is 2. The molecule has 1 aliphatic rings. The highest BCUT2D eigenvalue weighted by Crippen LogP contribution is 2.21. The molecule has 1 saturated heterocycles. The van der Waals surface area contributed by atoms with Crippen molar-refractivity contribution in [2.75, 3.05) is 6.54 Å². The van der Waals surface area contributed by atoms with Gasteiger partial charge in [0.25, 0.3) is 0 Å². The molecule has 0 saturated carbocycles. The molecule has 1 rings (SSSR count). The number of unbranched alkanes of at least 4 members (excludes halogenated alkanes) is 1. The minimum Gasteiger partial charge on any atom is -0.634 e. The molecular weight excluding hydrogens is 200 g/mol. The highest BCUT2D eigenvalue weighted by atomic mass is 16.5. The topological polar surface area (TPSA) is 39.9 Å². The second-order valence-electron chi connectivity index (χ2n) is 6.25. The molecule has 0 bridgehead atoms. The van der Waals surface area contributed by atoms with E-state index in [1.165, 1.54) is 12.1 Å². The van der Waals surface area contributed by atoms with Gasteiger partial charge in [0.2, 0.25) is 0 Å². The molecule has 3 nitrogen and oxygen atoms in total. The molecule has 0 unspecified atom stereocenters. The van der Waals surface area contributed by atoms with Crippen LogP contribution in [0.3, 0.4) is 0 Å². The zero-order chi connectivity index (χ0) is 12.4. The van der Waals surface area contributed by atoms with Crippen molar-refractivity contribution < 1.29 is 5.06 Å². The summed E-state index contributed by atoms with van der Waals surface area (Å²) in [6, 6.07) is 0. The van der Waals surface area contributed by atoms with E-state index in [1.54, 1.807) is 0 Å². The summed E-state index contributed by atoms with van der Waals surface area (Å²) in [6.07, 6.45) is 4.03. The van der Waals surface area contributed by atoms with Crippen LogP contribution in [0.4, 0.5) is 0 Å². The average molecular weight is 226 g/mol. The van der Waals surface area contributed by atoms with Gasteiger partial charge in [-0.2, -0.15) is 0 Å². The van der Waals surface area contributed by atoms with Crippen molar-refractivity contribution in [1.29, 1.82) is 0 Å². The lowest BCUT2D eigenvalue weighted by atomic mass is 9.81. The van der Waals surface area contributed by atoms with Gasteiger partial charge in [-0.15, -0.1) is 0 Å². The van der Waals surface area contributed by atoms with E-state index in [1.807, 2.05) is 27.7 Å². The van der Waals surface area contributed by atoms with Gasteiger partial charge in [0.15, 0.2) is 0 Å². The first-order valence-electron chi connectivity index (χ1n) is 6.37. The lowest BCUT2D eigenvalue weighted by molar-refractivity contribution is -0.950. The van der Waals surface area contributed by atoms with Gasteiger partial charge in [0.05, 0.1) is 11.1 Å². The number of hydrogen-bond donors (Lipinski definition) is 1. The molecule has 1 N–H and O–H groups in total. The van der Waals surface area contributed by atoms with Crippen LogP contribution >= 0.6 is 0 Å². The van der Waals surface area contributed by atoms with Crippen molar-refractivity contribution in [2.45, 2.75) is 71.4 Å². The van der Waals surface area contributed by atoms with E-state index in [-0.39, 0.29) is 11.1 Å². The molecule has 0 aromatic rings. The Bertz CT molecular complexity index is 249. The first-order chi connectivity index (χ1) is 7.29. The monoisotopic (exact) mass is 226 g/mol. The van der Waals surface area contributed by atoms with Gasteiger partial charge in [-0.25, -0.2) is 0 Å². The van der Waals surface area contributed by atoms with Gasteiger partial charge in [-0.05, 0) is 34.1 Å². The minimum absolute atomic E-state index is 0.229. The van der Waals surface area contributed by atoms with Crippen LogP contribution in [0.25, 0.3) is 0 Å². The number of aliphatic imine (C=N–C) groups is 1. The maximum absolute atomic E-state index is 12.2. The number of hydrogen-bond acceptors (Lipinski definition) is 2. The fourth-order valence-corrected chi connectivity index (χ4v) is 2.67. The molecule has 0 aliphatic carbocycles. The van der Waals surface area contributed by atoms with E-state index in [2.05, 4.69) is 11.9 Å². The fourth-order valence-electron chi connectivity index (χ4n) is 2.67. The Balaban J connectivity index is 2.74. The van der Waals surface area contributed by atoms with Gasteiger partial charge >= 0.3 is 0 Å². The Kier molecular flexibility index (Phi) is 4.13. The SMILES string of the molecule is CCCCN=C1CC(C)(C)[NH+]([O-])C(C)(C)C1. The van der Waals surface area contributed by atoms with Crippen LogP contribution in [0, 0.1) is 5.21 Å². The summed E-state index contributed by atoms with van der Waals surface area (Å²) in [6.45, 7) is 11.3. The third kappa shape index (κ3) is 3.05. The Hall–Kier alpha value is -0.410. The highest BCUT2D eigenvalue weighted by molar-refractivity contribution is 5.86. The second kappa shape index (κ2) is 4.84. The number of nitrogens with zero attached hydrogens (tertiary/aromatic N) is 1. The van der Waals surface area contributed by atoms with Crippen LogP contribution in [-0.2, 0) is 0 Å². The van der Waals surface area contributed by atoms with Crippen molar-refractivity contribution >= 4 is 5.71 Å². The van der Waals surface area contributed by atoms with Crippen LogP contribution in [0.2, 0.25) is 0 Å². The molecule has 0 atom stereocenters. The summed E-state index contributed by atoms with van der Waals surface area (Å²) in [4.78, 5) is 4.66. The molecule has 1 fully saturated rings. The number of nitrogens with one attached hydrogen (secondary N) is 1. The number of piperidine rings is 1. The normalized spacial score (nSPS) is 27.9. The van der Waals surface area contributed by atoms with E-state index >= 15 is 0 Å². The van der Waals surface area contributed by atoms with Gasteiger partial charge in [-0.3, -0.25) is 4.99 Å². The molecule has 0 amide bonds. The summed E-state index contributed by atoms with van der Waals surface area (Å²) >= 11 is 0.